The third-order valence-corrected chi connectivity index (χ3v) is 3.10. The number of likely N-dealkylation sites (N-methyl/N-ethyl adjacent to an activating group) is 2. The minimum absolute atomic E-state index is 0.0199. The van der Waals surface area contributed by atoms with Gasteiger partial charge >= 0.3 is 0 Å². The number of rotatable bonds is 5. The van der Waals surface area contributed by atoms with Crippen LogP contribution in [0.3, 0.4) is 0 Å². The second-order valence-corrected chi connectivity index (χ2v) is 4.60. The summed E-state index contributed by atoms with van der Waals surface area (Å²) in [5.41, 5.74) is 1.66. The van der Waals surface area contributed by atoms with Crippen molar-refractivity contribution in [2.45, 2.75) is 20.8 Å². The van der Waals surface area contributed by atoms with Crippen molar-refractivity contribution in [2.75, 3.05) is 26.7 Å². The van der Waals surface area contributed by atoms with E-state index >= 15 is 0 Å². The molecule has 0 fully saturated rings. The third-order valence-electron chi connectivity index (χ3n) is 3.10. The second kappa shape index (κ2) is 6.92. The first-order chi connectivity index (χ1) is 8.99. The normalized spacial score (nSPS) is 10.1. The van der Waals surface area contributed by atoms with E-state index in [0.29, 0.717) is 18.7 Å². The van der Waals surface area contributed by atoms with E-state index in [1.54, 1.807) is 18.0 Å². The van der Waals surface area contributed by atoms with Crippen molar-refractivity contribution < 1.29 is 9.59 Å². The fourth-order valence-corrected chi connectivity index (χ4v) is 1.95. The van der Waals surface area contributed by atoms with Gasteiger partial charge in [-0.25, -0.2) is 0 Å². The van der Waals surface area contributed by atoms with E-state index < -0.39 is 0 Å². The first kappa shape index (κ1) is 15.2. The monoisotopic (exact) mass is 262 g/mol. The first-order valence-corrected chi connectivity index (χ1v) is 6.59. The molecule has 4 heteroatoms. The van der Waals surface area contributed by atoms with E-state index in [9.17, 15) is 9.59 Å². The highest BCUT2D eigenvalue weighted by molar-refractivity contribution is 5.96. The largest absolute Gasteiger partial charge is 0.342 e. The van der Waals surface area contributed by atoms with Crippen molar-refractivity contribution in [3.63, 3.8) is 0 Å². The predicted octanol–water partition coefficient (Wildman–Crippen LogP) is 1.94. The summed E-state index contributed by atoms with van der Waals surface area (Å²) in [6.45, 7) is 7.27. The molecule has 2 amide bonds. The van der Waals surface area contributed by atoms with Crippen molar-refractivity contribution in [3.8, 4) is 0 Å². The highest BCUT2D eigenvalue weighted by atomic mass is 16.2. The Morgan fingerprint density at radius 2 is 1.79 bits per heavy atom. The van der Waals surface area contributed by atoms with Gasteiger partial charge in [0, 0.05) is 25.7 Å². The van der Waals surface area contributed by atoms with Gasteiger partial charge in [-0.1, -0.05) is 17.7 Å². The van der Waals surface area contributed by atoms with E-state index in [1.807, 2.05) is 39.0 Å². The average molecular weight is 262 g/mol. The molecule has 0 saturated carbocycles. The van der Waals surface area contributed by atoms with Crippen LogP contribution in [0.1, 0.15) is 29.8 Å². The van der Waals surface area contributed by atoms with Gasteiger partial charge in [-0.2, -0.15) is 0 Å². The number of carbonyl (C=O) groups excluding carboxylic acids is 2. The molecule has 4 nitrogen and oxygen atoms in total. The number of amides is 2. The molecule has 0 atom stereocenters. The van der Waals surface area contributed by atoms with Crippen molar-refractivity contribution in [2.24, 2.45) is 0 Å². The molecule has 1 aromatic rings. The van der Waals surface area contributed by atoms with E-state index in [1.165, 1.54) is 4.90 Å². The predicted molar refractivity (Wildman–Crippen MR) is 76.1 cm³/mol. The average Bonchev–Trinajstić information content (AvgIpc) is 2.39. The molecule has 0 aliphatic rings. The topological polar surface area (TPSA) is 40.6 Å². The van der Waals surface area contributed by atoms with Gasteiger partial charge < -0.3 is 9.80 Å². The molecule has 19 heavy (non-hydrogen) atoms. The van der Waals surface area contributed by atoms with Crippen LogP contribution in [0.4, 0.5) is 0 Å². The van der Waals surface area contributed by atoms with Gasteiger partial charge in [-0.3, -0.25) is 9.59 Å². The first-order valence-electron chi connectivity index (χ1n) is 6.59. The summed E-state index contributed by atoms with van der Waals surface area (Å²) in [6, 6.07) is 7.40. The molecule has 1 aromatic carbocycles. The lowest BCUT2D eigenvalue weighted by atomic mass is 10.1. The second-order valence-electron chi connectivity index (χ2n) is 4.60. The van der Waals surface area contributed by atoms with E-state index in [4.69, 9.17) is 0 Å². The lowest BCUT2D eigenvalue weighted by Crippen LogP contribution is -2.41. The van der Waals surface area contributed by atoms with Gasteiger partial charge in [0.15, 0.2) is 0 Å². The van der Waals surface area contributed by atoms with Crippen LogP contribution in [0.2, 0.25) is 0 Å². The highest BCUT2D eigenvalue weighted by Gasteiger charge is 2.17. The summed E-state index contributed by atoms with van der Waals surface area (Å²) >= 11 is 0. The Morgan fingerprint density at radius 3 is 2.32 bits per heavy atom. The van der Waals surface area contributed by atoms with Crippen LogP contribution in [-0.2, 0) is 4.79 Å². The maximum Gasteiger partial charge on any atom is 0.254 e. The lowest BCUT2D eigenvalue weighted by molar-refractivity contribution is -0.131. The summed E-state index contributed by atoms with van der Waals surface area (Å²) in [5, 5.41) is 0. The van der Waals surface area contributed by atoms with Gasteiger partial charge in [0.1, 0.15) is 0 Å². The molecule has 0 aliphatic heterocycles. The summed E-state index contributed by atoms with van der Waals surface area (Å²) in [4.78, 5) is 27.3. The summed E-state index contributed by atoms with van der Waals surface area (Å²) in [6.07, 6.45) is 0. The zero-order valence-corrected chi connectivity index (χ0v) is 12.1. The van der Waals surface area contributed by atoms with Gasteiger partial charge in [0.25, 0.3) is 5.91 Å². The van der Waals surface area contributed by atoms with Crippen molar-refractivity contribution in [3.05, 3.63) is 35.4 Å². The van der Waals surface area contributed by atoms with Crippen LogP contribution in [0.5, 0.6) is 0 Å². The fraction of sp³-hybridized carbons (Fsp3) is 0.467. The molecule has 0 bridgehead atoms. The molecule has 0 radical (unpaired) electrons. The van der Waals surface area contributed by atoms with Gasteiger partial charge in [0.05, 0.1) is 6.54 Å². The number of hydrogen-bond acceptors (Lipinski definition) is 2. The Balaban J connectivity index is 2.70. The zero-order valence-electron chi connectivity index (χ0n) is 12.1. The maximum atomic E-state index is 12.2. The molecule has 0 heterocycles. The number of benzene rings is 1. The highest BCUT2D eigenvalue weighted by Crippen LogP contribution is 2.07. The standard InChI is InChI=1S/C15H22N2O2/c1-5-17(6-2)14(18)11-16(4)15(19)13-9-7-8-12(3)10-13/h7-10H,5-6,11H2,1-4H3. The Kier molecular flexibility index (Phi) is 5.55. The third kappa shape index (κ3) is 4.09. The van der Waals surface area contributed by atoms with Crippen molar-refractivity contribution >= 4 is 11.8 Å². The van der Waals surface area contributed by atoms with Gasteiger partial charge in [-0.15, -0.1) is 0 Å². The number of carbonyl (C=O) groups is 2. The van der Waals surface area contributed by atoms with Crippen molar-refractivity contribution in [1.29, 1.82) is 0 Å². The fourth-order valence-electron chi connectivity index (χ4n) is 1.95. The van der Waals surface area contributed by atoms with Crippen LogP contribution < -0.4 is 0 Å². The number of hydrogen-bond donors (Lipinski definition) is 0. The molecular formula is C15H22N2O2. The minimum Gasteiger partial charge on any atom is -0.342 e. The van der Waals surface area contributed by atoms with Crippen LogP contribution in [-0.4, -0.2) is 48.3 Å². The molecule has 0 saturated heterocycles. The van der Waals surface area contributed by atoms with Crippen LogP contribution >= 0.6 is 0 Å². The zero-order chi connectivity index (χ0) is 14.4. The molecule has 0 spiro atoms. The van der Waals surface area contributed by atoms with E-state index in [2.05, 4.69) is 0 Å². The van der Waals surface area contributed by atoms with E-state index in [0.717, 1.165) is 5.56 Å². The lowest BCUT2D eigenvalue weighted by Gasteiger charge is -2.23. The molecule has 1 rings (SSSR count). The molecule has 104 valence electrons. The Morgan fingerprint density at radius 1 is 1.16 bits per heavy atom. The SMILES string of the molecule is CCN(CC)C(=O)CN(C)C(=O)c1cccc(C)c1. The van der Waals surface area contributed by atoms with Crippen LogP contribution in [0, 0.1) is 6.92 Å². The van der Waals surface area contributed by atoms with Crippen LogP contribution in [0.25, 0.3) is 0 Å². The van der Waals surface area contributed by atoms with E-state index in [-0.39, 0.29) is 18.4 Å². The Labute approximate surface area is 115 Å². The van der Waals surface area contributed by atoms with Crippen LogP contribution in [0.15, 0.2) is 24.3 Å². The van der Waals surface area contributed by atoms with Gasteiger partial charge in [-0.05, 0) is 32.9 Å². The van der Waals surface area contributed by atoms with Gasteiger partial charge in [0.2, 0.25) is 5.91 Å². The molecule has 0 unspecified atom stereocenters. The molecule has 0 N–H and O–H groups in total. The number of aryl methyl sites for hydroxylation is 1. The Hall–Kier alpha value is -1.84. The summed E-state index contributed by atoms with van der Waals surface area (Å²) in [5.74, 6) is -0.141. The summed E-state index contributed by atoms with van der Waals surface area (Å²) < 4.78 is 0. The molecule has 0 aromatic heterocycles. The smallest absolute Gasteiger partial charge is 0.254 e. The number of nitrogens with zero attached hydrogens (tertiary/aromatic N) is 2. The molecular weight excluding hydrogens is 240 g/mol. The van der Waals surface area contributed by atoms with Crippen molar-refractivity contribution in [1.82, 2.24) is 9.80 Å². The minimum atomic E-state index is -0.121. The molecule has 0 aliphatic carbocycles. The Bertz CT molecular complexity index is 453. The maximum absolute atomic E-state index is 12.2. The quantitative estimate of drug-likeness (QED) is 0.813. The summed E-state index contributed by atoms with van der Waals surface area (Å²) in [7, 11) is 1.66.